The van der Waals surface area contributed by atoms with Crippen LogP contribution in [0.25, 0.3) is 0 Å². The van der Waals surface area contributed by atoms with Crippen molar-refractivity contribution in [3.8, 4) is 0 Å². The molecule has 3 heteroatoms. The fourth-order valence-corrected chi connectivity index (χ4v) is 2.14. The van der Waals surface area contributed by atoms with Gasteiger partial charge in [-0.15, -0.1) is 0 Å². The second kappa shape index (κ2) is 3.73. The molecule has 0 saturated carbocycles. The first-order valence-electron chi connectivity index (χ1n) is 4.94. The number of fused-ring (bicyclic) bond motifs is 3. The number of rotatable bonds is 3. The summed E-state index contributed by atoms with van der Waals surface area (Å²) in [6, 6.07) is 0.674. The van der Waals surface area contributed by atoms with E-state index in [-0.39, 0.29) is 0 Å². The molecule has 0 amide bonds. The molecule has 0 radical (unpaired) electrons. The van der Waals surface area contributed by atoms with Gasteiger partial charge in [0, 0.05) is 45.4 Å². The van der Waals surface area contributed by atoms with Crippen LogP contribution in [0.4, 0.5) is 0 Å². The van der Waals surface area contributed by atoms with Gasteiger partial charge in [-0.1, -0.05) is 0 Å². The third-order valence-corrected chi connectivity index (χ3v) is 2.91. The highest BCUT2D eigenvalue weighted by atomic mass is 16.5. The summed E-state index contributed by atoms with van der Waals surface area (Å²) >= 11 is 0. The Kier molecular flexibility index (Phi) is 2.63. The van der Waals surface area contributed by atoms with Crippen LogP contribution in [0.5, 0.6) is 0 Å². The van der Waals surface area contributed by atoms with Crippen LogP contribution in [-0.4, -0.2) is 61.8 Å². The van der Waals surface area contributed by atoms with E-state index in [0.29, 0.717) is 6.04 Å². The normalized spacial score (nSPS) is 40.2. The smallest absolute Gasteiger partial charge is 0.0634 e. The average molecular weight is 170 g/mol. The fourth-order valence-electron chi connectivity index (χ4n) is 2.14. The molecule has 1 unspecified atom stereocenters. The van der Waals surface area contributed by atoms with Gasteiger partial charge < -0.3 is 4.74 Å². The maximum absolute atomic E-state index is 5.46. The topological polar surface area (TPSA) is 15.7 Å². The molecule has 12 heavy (non-hydrogen) atoms. The predicted octanol–water partition coefficient (Wildman–Crippen LogP) is 0.0227. The van der Waals surface area contributed by atoms with E-state index < -0.39 is 0 Å². The number of ether oxygens (including phenoxy) is 1. The summed E-state index contributed by atoms with van der Waals surface area (Å²) in [6.45, 7) is 10.1. The van der Waals surface area contributed by atoms with Gasteiger partial charge in [0.15, 0.2) is 0 Å². The third kappa shape index (κ3) is 1.63. The minimum absolute atomic E-state index is 0.674. The standard InChI is InChI=1S/C9H18N2O/c1-2-12-8-9-7-10-3-5-11(9)6-4-10/h9H,2-8H2,1H3. The monoisotopic (exact) mass is 170 g/mol. The molecule has 0 spiro atoms. The van der Waals surface area contributed by atoms with Gasteiger partial charge in [-0.3, -0.25) is 9.80 Å². The Balaban J connectivity index is 1.82. The third-order valence-electron chi connectivity index (χ3n) is 2.91. The zero-order valence-electron chi connectivity index (χ0n) is 7.83. The number of nitrogens with zero attached hydrogens (tertiary/aromatic N) is 2. The van der Waals surface area contributed by atoms with Gasteiger partial charge in [-0.05, 0) is 6.92 Å². The Morgan fingerprint density at radius 2 is 2.00 bits per heavy atom. The fraction of sp³-hybridized carbons (Fsp3) is 1.00. The van der Waals surface area contributed by atoms with Crippen molar-refractivity contribution < 1.29 is 4.74 Å². The molecule has 3 aliphatic rings. The summed E-state index contributed by atoms with van der Waals surface area (Å²) in [7, 11) is 0. The second-order valence-corrected chi connectivity index (χ2v) is 3.65. The summed E-state index contributed by atoms with van der Waals surface area (Å²) in [5.74, 6) is 0. The molecule has 1 atom stereocenters. The number of hydrogen-bond donors (Lipinski definition) is 0. The Morgan fingerprint density at radius 1 is 1.25 bits per heavy atom. The van der Waals surface area contributed by atoms with Gasteiger partial charge in [0.2, 0.25) is 0 Å². The summed E-state index contributed by atoms with van der Waals surface area (Å²) in [6.07, 6.45) is 0. The first kappa shape index (κ1) is 8.48. The summed E-state index contributed by atoms with van der Waals surface area (Å²) in [5, 5.41) is 0. The zero-order valence-corrected chi connectivity index (χ0v) is 7.83. The molecular formula is C9H18N2O. The molecule has 0 N–H and O–H groups in total. The van der Waals surface area contributed by atoms with Crippen molar-refractivity contribution in [2.75, 3.05) is 45.9 Å². The molecule has 70 valence electrons. The highest BCUT2D eigenvalue weighted by molar-refractivity contribution is 4.87. The maximum atomic E-state index is 5.46. The van der Waals surface area contributed by atoms with Crippen molar-refractivity contribution in [1.82, 2.24) is 9.80 Å². The quantitative estimate of drug-likeness (QED) is 0.594. The minimum atomic E-state index is 0.674. The van der Waals surface area contributed by atoms with Crippen molar-refractivity contribution in [2.45, 2.75) is 13.0 Å². The Labute approximate surface area is 74.3 Å². The van der Waals surface area contributed by atoms with E-state index in [4.69, 9.17) is 4.74 Å². The van der Waals surface area contributed by atoms with Crippen LogP contribution in [0, 0.1) is 0 Å². The van der Waals surface area contributed by atoms with Crippen LogP contribution in [-0.2, 0) is 4.74 Å². The lowest BCUT2D eigenvalue weighted by molar-refractivity contribution is -0.0273. The molecule has 3 nitrogen and oxygen atoms in total. The predicted molar refractivity (Wildman–Crippen MR) is 48.3 cm³/mol. The van der Waals surface area contributed by atoms with Crippen LogP contribution < -0.4 is 0 Å². The van der Waals surface area contributed by atoms with E-state index in [1.165, 1.54) is 32.7 Å². The molecule has 3 aliphatic heterocycles. The molecule has 0 aromatic carbocycles. The van der Waals surface area contributed by atoms with Gasteiger partial charge in [0.05, 0.1) is 6.61 Å². The Morgan fingerprint density at radius 3 is 2.50 bits per heavy atom. The largest absolute Gasteiger partial charge is 0.380 e. The van der Waals surface area contributed by atoms with E-state index >= 15 is 0 Å². The van der Waals surface area contributed by atoms with Gasteiger partial charge >= 0.3 is 0 Å². The molecule has 2 bridgehead atoms. The molecular weight excluding hydrogens is 152 g/mol. The Hall–Kier alpha value is -0.120. The molecule has 0 aromatic rings. The number of hydrogen-bond acceptors (Lipinski definition) is 3. The first-order chi connectivity index (χ1) is 5.90. The summed E-state index contributed by atoms with van der Waals surface area (Å²) in [4.78, 5) is 5.11. The lowest BCUT2D eigenvalue weighted by Crippen LogP contribution is -2.62. The van der Waals surface area contributed by atoms with E-state index in [1.807, 2.05) is 0 Å². The van der Waals surface area contributed by atoms with Crippen LogP contribution in [0.2, 0.25) is 0 Å². The zero-order chi connectivity index (χ0) is 8.39. The van der Waals surface area contributed by atoms with Gasteiger partial charge in [0.25, 0.3) is 0 Å². The lowest BCUT2D eigenvalue weighted by atomic mass is 10.1. The van der Waals surface area contributed by atoms with Crippen LogP contribution >= 0.6 is 0 Å². The second-order valence-electron chi connectivity index (χ2n) is 3.65. The number of piperazine rings is 3. The molecule has 0 aromatic heterocycles. The van der Waals surface area contributed by atoms with E-state index in [0.717, 1.165) is 13.2 Å². The summed E-state index contributed by atoms with van der Waals surface area (Å²) < 4.78 is 5.46. The van der Waals surface area contributed by atoms with E-state index in [2.05, 4.69) is 16.7 Å². The maximum Gasteiger partial charge on any atom is 0.0634 e. The van der Waals surface area contributed by atoms with Gasteiger partial charge in [0.1, 0.15) is 0 Å². The van der Waals surface area contributed by atoms with Crippen molar-refractivity contribution >= 4 is 0 Å². The first-order valence-corrected chi connectivity index (χ1v) is 4.94. The van der Waals surface area contributed by atoms with Crippen LogP contribution in [0.1, 0.15) is 6.92 Å². The highest BCUT2D eigenvalue weighted by Gasteiger charge is 2.31. The molecule has 0 aliphatic carbocycles. The van der Waals surface area contributed by atoms with Crippen molar-refractivity contribution in [1.29, 1.82) is 0 Å². The van der Waals surface area contributed by atoms with E-state index in [9.17, 15) is 0 Å². The Bertz CT molecular complexity index is 143. The molecule has 3 rings (SSSR count). The van der Waals surface area contributed by atoms with Crippen molar-refractivity contribution in [2.24, 2.45) is 0 Å². The minimum Gasteiger partial charge on any atom is -0.380 e. The lowest BCUT2D eigenvalue weighted by Gasteiger charge is -2.47. The van der Waals surface area contributed by atoms with Gasteiger partial charge in [-0.25, -0.2) is 0 Å². The molecule has 3 saturated heterocycles. The van der Waals surface area contributed by atoms with Gasteiger partial charge in [-0.2, -0.15) is 0 Å². The van der Waals surface area contributed by atoms with E-state index in [1.54, 1.807) is 0 Å². The van der Waals surface area contributed by atoms with Crippen LogP contribution in [0.15, 0.2) is 0 Å². The molecule has 3 fully saturated rings. The van der Waals surface area contributed by atoms with Crippen molar-refractivity contribution in [3.05, 3.63) is 0 Å². The molecule has 3 heterocycles. The summed E-state index contributed by atoms with van der Waals surface area (Å²) in [5.41, 5.74) is 0. The van der Waals surface area contributed by atoms with Crippen molar-refractivity contribution in [3.63, 3.8) is 0 Å². The highest BCUT2D eigenvalue weighted by Crippen LogP contribution is 2.15. The van der Waals surface area contributed by atoms with Crippen LogP contribution in [0.3, 0.4) is 0 Å². The SMILES string of the molecule is CCOCC1CN2CCN1CC2. The average Bonchev–Trinajstić information content (AvgIpc) is 2.17.